The van der Waals surface area contributed by atoms with Crippen LogP contribution in [0.2, 0.25) is 0 Å². The number of carbonyl (C=O) groups excluding carboxylic acids is 1. The number of nitro benzene ring substituents is 1. The molecule has 0 saturated carbocycles. The first-order chi connectivity index (χ1) is 14.2. The molecule has 1 aromatic heterocycles. The number of nitrogens with zero attached hydrogens (tertiary/aromatic N) is 5. The summed E-state index contributed by atoms with van der Waals surface area (Å²) in [6, 6.07) is 6.09. The van der Waals surface area contributed by atoms with Crippen LogP contribution in [0.5, 0.6) is 0 Å². The second kappa shape index (κ2) is 8.64. The van der Waals surface area contributed by atoms with Crippen LogP contribution in [-0.2, 0) is 0 Å². The van der Waals surface area contributed by atoms with Crippen LogP contribution in [0.25, 0.3) is 0 Å². The van der Waals surface area contributed by atoms with Gasteiger partial charge in [0.15, 0.2) is 0 Å². The van der Waals surface area contributed by atoms with E-state index in [1.807, 2.05) is 25.8 Å². The van der Waals surface area contributed by atoms with Gasteiger partial charge in [0, 0.05) is 49.4 Å². The van der Waals surface area contributed by atoms with Crippen LogP contribution in [0.4, 0.5) is 11.4 Å². The summed E-state index contributed by atoms with van der Waals surface area (Å²) in [6.45, 7) is 6.59. The Hall–Kier alpha value is -3.23. The molecule has 1 saturated heterocycles. The van der Waals surface area contributed by atoms with Gasteiger partial charge in [-0.2, -0.15) is 5.10 Å². The normalized spacial score (nSPS) is 16.6. The molecule has 1 aliphatic heterocycles. The Labute approximate surface area is 175 Å². The third-order valence-corrected chi connectivity index (χ3v) is 5.68. The molecule has 0 radical (unpaired) electrons. The number of benzene rings is 1. The highest BCUT2D eigenvalue weighted by Gasteiger charge is 2.28. The van der Waals surface area contributed by atoms with Crippen molar-refractivity contribution >= 4 is 17.3 Å². The number of anilines is 1. The fourth-order valence-electron chi connectivity index (χ4n) is 3.63. The number of nitro groups is 1. The summed E-state index contributed by atoms with van der Waals surface area (Å²) in [5.41, 5.74) is 1.27. The summed E-state index contributed by atoms with van der Waals surface area (Å²) in [7, 11) is 1.91. The molecular formula is C21H27N5O4. The van der Waals surface area contributed by atoms with E-state index in [-0.39, 0.29) is 34.8 Å². The predicted octanol–water partition coefficient (Wildman–Crippen LogP) is 2.78. The van der Waals surface area contributed by atoms with E-state index in [2.05, 4.69) is 5.10 Å². The Bertz CT molecular complexity index is 1020. The van der Waals surface area contributed by atoms with E-state index in [0.717, 1.165) is 18.5 Å². The zero-order chi connectivity index (χ0) is 22.0. The zero-order valence-electron chi connectivity index (χ0n) is 17.7. The van der Waals surface area contributed by atoms with Gasteiger partial charge in [-0.15, -0.1) is 0 Å². The number of amides is 1. The van der Waals surface area contributed by atoms with Crippen LogP contribution in [0.15, 0.2) is 35.3 Å². The molecule has 0 spiro atoms. The molecule has 2 heterocycles. The minimum atomic E-state index is -0.482. The highest BCUT2D eigenvalue weighted by molar-refractivity contribution is 5.95. The van der Waals surface area contributed by atoms with Gasteiger partial charge in [-0.05, 0) is 39.7 Å². The minimum absolute atomic E-state index is 0.0721. The molecule has 1 fully saturated rings. The van der Waals surface area contributed by atoms with Crippen LogP contribution in [0.1, 0.15) is 48.7 Å². The quantitative estimate of drug-likeness (QED) is 0.552. The van der Waals surface area contributed by atoms with Crippen molar-refractivity contribution in [3.05, 3.63) is 62.1 Å². The van der Waals surface area contributed by atoms with Gasteiger partial charge < -0.3 is 9.80 Å². The molecule has 1 aromatic carbocycles. The number of hydrogen-bond donors (Lipinski definition) is 0. The summed E-state index contributed by atoms with van der Waals surface area (Å²) < 4.78 is 1.44. The molecule has 9 nitrogen and oxygen atoms in total. The van der Waals surface area contributed by atoms with Gasteiger partial charge in [-0.25, -0.2) is 4.68 Å². The monoisotopic (exact) mass is 413 g/mol. The first-order valence-corrected chi connectivity index (χ1v) is 10.0. The maximum atomic E-state index is 13.0. The molecule has 3 rings (SSSR count). The summed E-state index contributed by atoms with van der Waals surface area (Å²) in [4.78, 5) is 39.9. The molecule has 1 atom stereocenters. The van der Waals surface area contributed by atoms with E-state index < -0.39 is 4.92 Å². The Balaban J connectivity index is 1.80. The SMILES string of the molecule is Cc1ccc(C(=O)N2CCC[C@H](n3ncc(N(C)C(C)C)cc3=O)C2)cc1[N+](=O)[O-]. The van der Waals surface area contributed by atoms with Crippen LogP contribution in [-0.4, -0.2) is 51.7 Å². The molecule has 0 aliphatic carbocycles. The number of piperidine rings is 1. The Morgan fingerprint density at radius 2 is 2.07 bits per heavy atom. The highest BCUT2D eigenvalue weighted by Crippen LogP contribution is 2.24. The first kappa shape index (κ1) is 21.5. The molecule has 2 aromatic rings. The topological polar surface area (TPSA) is 102 Å². The van der Waals surface area contributed by atoms with Crippen LogP contribution >= 0.6 is 0 Å². The van der Waals surface area contributed by atoms with Crippen molar-refractivity contribution in [3.8, 4) is 0 Å². The number of aryl methyl sites for hydroxylation is 1. The molecule has 0 N–H and O–H groups in total. The molecule has 1 amide bonds. The van der Waals surface area contributed by atoms with Crippen molar-refractivity contribution in [2.24, 2.45) is 0 Å². The van der Waals surface area contributed by atoms with Gasteiger partial charge in [-0.3, -0.25) is 19.7 Å². The smallest absolute Gasteiger partial charge is 0.273 e. The average molecular weight is 413 g/mol. The Morgan fingerprint density at radius 3 is 2.70 bits per heavy atom. The number of aromatic nitrogens is 2. The fourth-order valence-corrected chi connectivity index (χ4v) is 3.63. The van der Waals surface area contributed by atoms with Crippen molar-refractivity contribution in [2.45, 2.75) is 45.7 Å². The lowest BCUT2D eigenvalue weighted by atomic mass is 10.0. The van der Waals surface area contributed by atoms with Crippen molar-refractivity contribution in [1.82, 2.24) is 14.7 Å². The number of likely N-dealkylation sites (tertiary alicyclic amines) is 1. The highest BCUT2D eigenvalue weighted by atomic mass is 16.6. The molecular weight excluding hydrogens is 386 g/mol. The van der Waals surface area contributed by atoms with E-state index >= 15 is 0 Å². The molecule has 9 heteroatoms. The van der Waals surface area contributed by atoms with E-state index in [1.54, 1.807) is 36.2 Å². The average Bonchev–Trinajstić information content (AvgIpc) is 2.72. The third-order valence-electron chi connectivity index (χ3n) is 5.68. The van der Waals surface area contributed by atoms with Crippen molar-refractivity contribution in [1.29, 1.82) is 0 Å². The second-order valence-electron chi connectivity index (χ2n) is 8.01. The van der Waals surface area contributed by atoms with Gasteiger partial charge in [0.25, 0.3) is 17.2 Å². The largest absolute Gasteiger partial charge is 0.371 e. The number of hydrogen-bond acceptors (Lipinski definition) is 6. The number of carbonyl (C=O) groups is 1. The first-order valence-electron chi connectivity index (χ1n) is 10.0. The molecule has 0 unspecified atom stereocenters. The summed E-state index contributed by atoms with van der Waals surface area (Å²) in [5.74, 6) is -0.271. The molecule has 1 aliphatic rings. The standard InChI is InChI=1S/C21H27N5O4/c1-14(2)23(4)18-11-20(27)25(22-12-18)17-6-5-9-24(13-17)21(28)16-8-7-15(3)19(10-16)26(29)30/h7-8,10-12,14,17H,5-6,9,13H2,1-4H3/t17-/m0/s1. The van der Waals surface area contributed by atoms with Gasteiger partial charge in [0.1, 0.15) is 0 Å². The molecule has 0 bridgehead atoms. The van der Waals surface area contributed by atoms with E-state index in [9.17, 15) is 19.7 Å². The summed E-state index contributed by atoms with van der Waals surface area (Å²) in [6.07, 6.45) is 3.14. The van der Waals surface area contributed by atoms with E-state index in [1.165, 1.54) is 10.7 Å². The third kappa shape index (κ3) is 4.34. The Morgan fingerprint density at radius 1 is 1.33 bits per heavy atom. The second-order valence-corrected chi connectivity index (χ2v) is 8.01. The molecule has 160 valence electrons. The maximum Gasteiger partial charge on any atom is 0.273 e. The lowest BCUT2D eigenvalue weighted by Crippen LogP contribution is -2.43. The van der Waals surface area contributed by atoms with Crippen LogP contribution in [0.3, 0.4) is 0 Å². The van der Waals surface area contributed by atoms with Crippen molar-refractivity contribution in [3.63, 3.8) is 0 Å². The molecule has 30 heavy (non-hydrogen) atoms. The maximum absolute atomic E-state index is 13.0. The predicted molar refractivity (Wildman–Crippen MR) is 114 cm³/mol. The van der Waals surface area contributed by atoms with Crippen molar-refractivity contribution in [2.75, 3.05) is 25.0 Å². The summed E-state index contributed by atoms with van der Waals surface area (Å²) in [5, 5.41) is 15.6. The number of rotatable bonds is 5. The Kier molecular flexibility index (Phi) is 6.19. The van der Waals surface area contributed by atoms with Crippen molar-refractivity contribution < 1.29 is 9.72 Å². The van der Waals surface area contributed by atoms with Gasteiger partial charge in [0.2, 0.25) is 0 Å². The van der Waals surface area contributed by atoms with E-state index in [4.69, 9.17) is 0 Å². The summed E-state index contributed by atoms with van der Waals surface area (Å²) >= 11 is 0. The van der Waals surface area contributed by atoms with Gasteiger partial charge >= 0.3 is 0 Å². The van der Waals surface area contributed by atoms with Crippen LogP contribution in [0, 0.1) is 17.0 Å². The van der Waals surface area contributed by atoms with Gasteiger partial charge in [-0.1, -0.05) is 6.07 Å². The van der Waals surface area contributed by atoms with Gasteiger partial charge in [0.05, 0.1) is 22.8 Å². The van der Waals surface area contributed by atoms with Crippen LogP contribution < -0.4 is 10.5 Å². The fraction of sp³-hybridized carbons (Fsp3) is 0.476. The minimum Gasteiger partial charge on any atom is -0.371 e. The van der Waals surface area contributed by atoms with E-state index in [0.29, 0.717) is 18.7 Å². The zero-order valence-corrected chi connectivity index (χ0v) is 17.7. The lowest BCUT2D eigenvalue weighted by molar-refractivity contribution is -0.385. The lowest BCUT2D eigenvalue weighted by Gasteiger charge is -2.33.